The molecule has 1 aliphatic heterocycles. The summed E-state index contributed by atoms with van der Waals surface area (Å²) in [6.07, 6.45) is 2.71. The molecular weight excluding hydrogens is 288 g/mol. The second-order valence-electron chi connectivity index (χ2n) is 6.09. The molecule has 21 heavy (non-hydrogen) atoms. The molecule has 1 heterocycles. The van der Waals surface area contributed by atoms with E-state index in [4.69, 9.17) is 5.73 Å². The number of hydrogen-bond donors (Lipinski definition) is 2. The standard InChI is InChI=1S/C15H20N2O3S/c16-12-2-3-13-11(8-12)1-4-14(13)17-15(18)7-10-5-6-21(19,20)9-10/h2-3,8,10,14H,1,4-7,9,16H2,(H,17,18). The van der Waals surface area contributed by atoms with Crippen LogP contribution in [0.5, 0.6) is 0 Å². The summed E-state index contributed by atoms with van der Waals surface area (Å²) in [5, 5.41) is 3.03. The molecule has 0 spiro atoms. The highest BCUT2D eigenvalue weighted by atomic mass is 32.2. The molecule has 2 atom stereocenters. The number of nitrogen functional groups attached to an aromatic ring is 1. The van der Waals surface area contributed by atoms with E-state index in [2.05, 4.69) is 5.32 Å². The average molecular weight is 308 g/mol. The summed E-state index contributed by atoms with van der Waals surface area (Å²) in [5.74, 6) is 0.295. The van der Waals surface area contributed by atoms with Gasteiger partial charge in [0.25, 0.3) is 0 Å². The first-order valence-electron chi connectivity index (χ1n) is 7.31. The number of hydrogen-bond acceptors (Lipinski definition) is 4. The molecule has 1 amide bonds. The smallest absolute Gasteiger partial charge is 0.220 e. The van der Waals surface area contributed by atoms with Crippen LogP contribution in [-0.2, 0) is 21.1 Å². The second kappa shape index (κ2) is 5.33. The van der Waals surface area contributed by atoms with Crippen LogP contribution in [0.25, 0.3) is 0 Å². The lowest BCUT2D eigenvalue weighted by molar-refractivity contribution is -0.122. The number of carbonyl (C=O) groups is 1. The van der Waals surface area contributed by atoms with Gasteiger partial charge in [-0.25, -0.2) is 8.42 Å². The third-order valence-corrected chi connectivity index (χ3v) is 6.22. The van der Waals surface area contributed by atoms with Crippen LogP contribution in [0.4, 0.5) is 5.69 Å². The normalized spacial score (nSPS) is 26.5. The maximum Gasteiger partial charge on any atom is 0.220 e. The summed E-state index contributed by atoms with van der Waals surface area (Å²) in [6, 6.07) is 5.83. The minimum atomic E-state index is -2.92. The predicted octanol–water partition coefficient (Wildman–Crippen LogP) is 1.20. The van der Waals surface area contributed by atoms with Crippen molar-refractivity contribution in [2.75, 3.05) is 17.2 Å². The SMILES string of the molecule is Nc1ccc2c(c1)CCC2NC(=O)CC1CCS(=O)(=O)C1. The van der Waals surface area contributed by atoms with E-state index in [-0.39, 0.29) is 29.4 Å². The highest BCUT2D eigenvalue weighted by Crippen LogP contribution is 2.32. The van der Waals surface area contributed by atoms with Gasteiger partial charge in [-0.15, -0.1) is 0 Å². The van der Waals surface area contributed by atoms with Gasteiger partial charge in [0.1, 0.15) is 0 Å². The molecule has 1 aromatic carbocycles. The number of nitrogens with one attached hydrogen (secondary N) is 1. The molecular formula is C15H20N2O3S. The Morgan fingerprint density at radius 1 is 1.33 bits per heavy atom. The molecule has 2 aliphatic rings. The summed E-state index contributed by atoms with van der Waals surface area (Å²) in [7, 11) is -2.92. The molecule has 3 rings (SSSR count). The van der Waals surface area contributed by atoms with Crippen LogP contribution in [0.15, 0.2) is 18.2 Å². The molecule has 114 valence electrons. The van der Waals surface area contributed by atoms with Crippen LogP contribution in [0.3, 0.4) is 0 Å². The number of amides is 1. The third kappa shape index (κ3) is 3.20. The molecule has 0 saturated carbocycles. The first-order valence-corrected chi connectivity index (χ1v) is 9.13. The Balaban J connectivity index is 1.60. The highest BCUT2D eigenvalue weighted by molar-refractivity contribution is 7.91. The molecule has 5 nitrogen and oxygen atoms in total. The first kappa shape index (κ1) is 14.4. The van der Waals surface area contributed by atoms with Crippen molar-refractivity contribution >= 4 is 21.4 Å². The summed E-state index contributed by atoms with van der Waals surface area (Å²) >= 11 is 0. The average Bonchev–Trinajstić information content (AvgIpc) is 2.93. The van der Waals surface area contributed by atoms with Gasteiger partial charge >= 0.3 is 0 Å². The van der Waals surface area contributed by atoms with E-state index in [1.807, 2.05) is 18.2 Å². The van der Waals surface area contributed by atoms with E-state index in [1.54, 1.807) is 0 Å². The number of aryl methyl sites for hydroxylation is 1. The summed E-state index contributed by atoms with van der Waals surface area (Å²) < 4.78 is 22.8. The molecule has 2 unspecified atom stereocenters. The number of carbonyl (C=O) groups excluding carboxylic acids is 1. The monoisotopic (exact) mass is 308 g/mol. The van der Waals surface area contributed by atoms with Gasteiger partial charge in [0.05, 0.1) is 17.5 Å². The van der Waals surface area contributed by atoms with Crippen molar-refractivity contribution in [3.8, 4) is 0 Å². The van der Waals surface area contributed by atoms with Crippen LogP contribution in [-0.4, -0.2) is 25.8 Å². The van der Waals surface area contributed by atoms with E-state index in [0.717, 1.165) is 24.1 Å². The Hall–Kier alpha value is -1.56. The van der Waals surface area contributed by atoms with Crippen LogP contribution in [0, 0.1) is 5.92 Å². The number of benzene rings is 1. The first-order chi connectivity index (χ1) is 9.93. The van der Waals surface area contributed by atoms with Crippen molar-refractivity contribution in [2.45, 2.75) is 31.7 Å². The molecule has 1 aliphatic carbocycles. The summed E-state index contributed by atoms with van der Waals surface area (Å²) in [5.41, 5.74) is 8.85. The van der Waals surface area contributed by atoms with Crippen molar-refractivity contribution in [3.63, 3.8) is 0 Å². The lowest BCUT2D eigenvalue weighted by Gasteiger charge is -2.16. The summed E-state index contributed by atoms with van der Waals surface area (Å²) in [4.78, 5) is 12.1. The van der Waals surface area contributed by atoms with Crippen molar-refractivity contribution in [1.29, 1.82) is 0 Å². The zero-order valence-electron chi connectivity index (χ0n) is 11.8. The lowest BCUT2D eigenvalue weighted by atomic mass is 10.0. The van der Waals surface area contributed by atoms with E-state index in [1.165, 1.54) is 5.56 Å². The molecule has 6 heteroatoms. The van der Waals surface area contributed by atoms with Gasteiger partial charge in [-0.1, -0.05) is 6.07 Å². The quantitative estimate of drug-likeness (QED) is 0.821. The van der Waals surface area contributed by atoms with Gasteiger partial charge < -0.3 is 11.1 Å². The number of nitrogens with two attached hydrogens (primary N) is 1. The number of sulfone groups is 1. The van der Waals surface area contributed by atoms with Gasteiger partial charge in [-0.2, -0.15) is 0 Å². The predicted molar refractivity (Wildman–Crippen MR) is 81.4 cm³/mol. The van der Waals surface area contributed by atoms with E-state index >= 15 is 0 Å². The largest absolute Gasteiger partial charge is 0.399 e. The van der Waals surface area contributed by atoms with Crippen LogP contribution in [0.2, 0.25) is 0 Å². The van der Waals surface area contributed by atoms with Gasteiger partial charge in [-0.3, -0.25) is 4.79 Å². The van der Waals surface area contributed by atoms with E-state index < -0.39 is 9.84 Å². The van der Waals surface area contributed by atoms with Gasteiger partial charge in [0.2, 0.25) is 5.91 Å². The maximum absolute atomic E-state index is 12.1. The molecule has 1 fully saturated rings. The fraction of sp³-hybridized carbons (Fsp3) is 0.533. The minimum absolute atomic E-state index is 0.0257. The Morgan fingerprint density at radius 2 is 2.14 bits per heavy atom. The molecule has 0 bridgehead atoms. The Labute approximate surface area is 124 Å². The fourth-order valence-electron chi connectivity index (χ4n) is 3.34. The number of rotatable bonds is 3. The summed E-state index contributed by atoms with van der Waals surface area (Å²) in [6.45, 7) is 0. The zero-order valence-corrected chi connectivity index (χ0v) is 12.7. The van der Waals surface area contributed by atoms with Crippen LogP contribution in [0.1, 0.15) is 36.4 Å². The van der Waals surface area contributed by atoms with Crippen molar-refractivity contribution in [1.82, 2.24) is 5.32 Å². The Bertz CT molecular complexity index is 669. The molecule has 3 N–H and O–H groups in total. The topological polar surface area (TPSA) is 89.3 Å². The Kier molecular flexibility index (Phi) is 3.65. The van der Waals surface area contributed by atoms with Crippen molar-refractivity contribution < 1.29 is 13.2 Å². The maximum atomic E-state index is 12.1. The molecule has 0 aromatic heterocycles. The van der Waals surface area contributed by atoms with Crippen molar-refractivity contribution in [2.24, 2.45) is 5.92 Å². The Morgan fingerprint density at radius 3 is 2.86 bits per heavy atom. The molecule has 0 radical (unpaired) electrons. The van der Waals surface area contributed by atoms with E-state index in [0.29, 0.717) is 12.8 Å². The molecule has 1 aromatic rings. The van der Waals surface area contributed by atoms with Crippen LogP contribution < -0.4 is 11.1 Å². The lowest BCUT2D eigenvalue weighted by Crippen LogP contribution is -2.29. The van der Waals surface area contributed by atoms with E-state index in [9.17, 15) is 13.2 Å². The third-order valence-electron chi connectivity index (χ3n) is 4.38. The van der Waals surface area contributed by atoms with Gasteiger partial charge in [-0.05, 0) is 48.4 Å². The fourth-order valence-corrected chi connectivity index (χ4v) is 5.20. The second-order valence-corrected chi connectivity index (χ2v) is 8.32. The van der Waals surface area contributed by atoms with Gasteiger partial charge in [0.15, 0.2) is 9.84 Å². The van der Waals surface area contributed by atoms with Gasteiger partial charge in [0, 0.05) is 12.1 Å². The number of fused-ring (bicyclic) bond motifs is 1. The minimum Gasteiger partial charge on any atom is -0.399 e. The number of anilines is 1. The molecule has 1 saturated heterocycles. The van der Waals surface area contributed by atoms with Crippen LogP contribution >= 0.6 is 0 Å². The zero-order chi connectivity index (χ0) is 15.0. The van der Waals surface area contributed by atoms with Crippen molar-refractivity contribution in [3.05, 3.63) is 29.3 Å². The highest BCUT2D eigenvalue weighted by Gasteiger charge is 2.30.